The van der Waals surface area contributed by atoms with Crippen molar-refractivity contribution in [3.8, 4) is 0 Å². The maximum Gasteiger partial charge on any atom is 0.416 e. The van der Waals surface area contributed by atoms with Gasteiger partial charge in [-0.05, 0) is 67.2 Å². The van der Waals surface area contributed by atoms with Gasteiger partial charge in [0.05, 0.1) is 5.56 Å². The molecular weight excluding hydrogens is 443 g/mol. The van der Waals surface area contributed by atoms with Crippen LogP contribution in [0.15, 0.2) is 48.5 Å². The molecule has 9 heteroatoms. The van der Waals surface area contributed by atoms with Gasteiger partial charge < -0.3 is 15.5 Å². The van der Waals surface area contributed by atoms with Gasteiger partial charge >= 0.3 is 6.18 Å². The first-order valence-corrected chi connectivity index (χ1v) is 10.5. The van der Waals surface area contributed by atoms with Crippen LogP contribution in [0.2, 0.25) is 5.02 Å². The van der Waals surface area contributed by atoms with Gasteiger partial charge in [-0.15, -0.1) is 0 Å². The summed E-state index contributed by atoms with van der Waals surface area (Å²) in [4.78, 5) is 26.5. The van der Waals surface area contributed by atoms with Crippen LogP contribution in [0.25, 0.3) is 6.08 Å². The molecule has 0 saturated carbocycles. The molecule has 0 bridgehead atoms. The number of hydrogen-bond donors (Lipinski definition) is 2. The number of carbonyl (C=O) groups excluding carboxylic acids is 2. The smallest absolute Gasteiger partial charge is 0.351 e. The fraction of sp³-hybridized carbons (Fsp3) is 0.304. The summed E-state index contributed by atoms with van der Waals surface area (Å²) in [5.74, 6) is -0.760. The van der Waals surface area contributed by atoms with Gasteiger partial charge in [0.15, 0.2) is 0 Å². The normalized spacial score (nSPS) is 11.7. The average Bonchev–Trinajstić information content (AvgIpc) is 2.75. The second-order valence-electron chi connectivity index (χ2n) is 6.92. The molecule has 0 atom stereocenters. The van der Waals surface area contributed by atoms with Crippen molar-refractivity contribution in [3.63, 3.8) is 0 Å². The number of hydrogen-bond acceptors (Lipinski definition) is 3. The predicted molar refractivity (Wildman–Crippen MR) is 121 cm³/mol. The summed E-state index contributed by atoms with van der Waals surface area (Å²) < 4.78 is 38.5. The summed E-state index contributed by atoms with van der Waals surface area (Å²) >= 11 is 5.92. The number of likely N-dealkylation sites (N-methyl/N-ethyl adjacent to an activating group) is 1. The van der Waals surface area contributed by atoms with Crippen molar-refractivity contribution in [1.29, 1.82) is 0 Å². The quantitative estimate of drug-likeness (QED) is 0.505. The van der Waals surface area contributed by atoms with Crippen LogP contribution in [-0.2, 0) is 11.0 Å². The van der Waals surface area contributed by atoms with E-state index in [-0.39, 0.29) is 16.5 Å². The Morgan fingerprint density at radius 3 is 2.31 bits per heavy atom. The van der Waals surface area contributed by atoms with E-state index < -0.39 is 17.6 Å². The number of halogens is 4. The van der Waals surface area contributed by atoms with E-state index >= 15 is 0 Å². The van der Waals surface area contributed by atoms with Crippen molar-refractivity contribution < 1.29 is 22.8 Å². The largest absolute Gasteiger partial charge is 0.416 e. The minimum atomic E-state index is -4.51. The minimum absolute atomic E-state index is 0.0772. The maximum atomic E-state index is 12.8. The zero-order chi connectivity index (χ0) is 23.7. The molecule has 2 amide bonds. The molecule has 0 aliphatic heterocycles. The van der Waals surface area contributed by atoms with Gasteiger partial charge in [-0.25, -0.2) is 0 Å². The van der Waals surface area contributed by atoms with Crippen LogP contribution in [0.5, 0.6) is 0 Å². The van der Waals surface area contributed by atoms with Crippen LogP contribution in [0.4, 0.5) is 18.9 Å². The number of amides is 2. The molecule has 0 aliphatic carbocycles. The molecule has 32 heavy (non-hydrogen) atoms. The van der Waals surface area contributed by atoms with Gasteiger partial charge in [0.25, 0.3) is 5.91 Å². The molecule has 5 nitrogen and oxygen atoms in total. The molecule has 0 heterocycles. The van der Waals surface area contributed by atoms with Crippen molar-refractivity contribution in [1.82, 2.24) is 10.2 Å². The Bertz CT molecular complexity index is 956. The van der Waals surface area contributed by atoms with Crippen molar-refractivity contribution in [2.45, 2.75) is 20.0 Å². The van der Waals surface area contributed by atoms with Crippen molar-refractivity contribution >= 4 is 35.2 Å². The number of nitrogens with zero attached hydrogens (tertiary/aromatic N) is 1. The second kappa shape index (κ2) is 11.7. The summed E-state index contributed by atoms with van der Waals surface area (Å²) in [7, 11) is 0. The van der Waals surface area contributed by atoms with Gasteiger partial charge in [-0.3, -0.25) is 9.59 Å². The minimum Gasteiger partial charge on any atom is -0.351 e. The van der Waals surface area contributed by atoms with Gasteiger partial charge in [0, 0.05) is 35.4 Å². The zero-order valence-corrected chi connectivity index (χ0v) is 18.6. The van der Waals surface area contributed by atoms with E-state index in [4.69, 9.17) is 11.6 Å². The van der Waals surface area contributed by atoms with Crippen molar-refractivity contribution in [2.24, 2.45) is 0 Å². The van der Waals surface area contributed by atoms with Crippen molar-refractivity contribution in [2.75, 3.05) is 31.5 Å². The lowest BCUT2D eigenvalue weighted by Gasteiger charge is -2.17. The fourth-order valence-corrected chi connectivity index (χ4v) is 3.05. The summed E-state index contributed by atoms with van der Waals surface area (Å²) in [6.45, 7) is 7.23. The van der Waals surface area contributed by atoms with E-state index in [1.54, 1.807) is 24.3 Å². The molecule has 2 aromatic carbocycles. The molecule has 0 radical (unpaired) electrons. The molecule has 2 aromatic rings. The first-order chi connectivity index (χ1) is 15.1. The monoisotopic (exact) mass is 467 g/mol. The molecule has 0 aromatic heterocycles. The number of rotatable bonds is 9. The number of nitrogens with one attached hydrogen (secondary N) is 2. The van der Waals surface area contributed by atoms with Crippen LogP contribution in [0, 0.1) is 0 Å². The van der Waals surface area contributed by atoms with E-state index in [1.165, 1.54) is 6.08 Å². The number of carbonyl (C=O) groups is 2. The Morgan fingerprint density at radius 2 is 1.72 bits per heavy atom. The zero-order valence-electron chi connectivity index (χ0n) is 17.8. The highest BCUT2D eigenvalue weighted by molar-refractivity contribution is 6.32. The molecule has 2 N–H and O–H groups in total. The van der Waals surface area contributed by atoms with Crippen molar-refractivity contribution in [3.05, 3.63) is 70.3 Å². The number of alkyl halides is 3. The molecule has 2 rings (SSSR count). The number of anilines is 1. The summed E-state index contributed by atoms with van der Waals surface area (Å²) in [6.07, 6.45) is -2.20. The molecule has 0 spiro atoms. The molecule has 0 saturated heterocycles. The summed E-state index contributed by atoms with van der Waals surface area (Å²) in [5.41, 5.74) is 0.115. The third-order valence-electron chi connectivity index (χ3n) is 4.76. The Balaban J connectivity index is 1.93. The molecule has 0 fully saturated rings. The highest BCUT2D eigenvalue weighted by Crippen LogP contribution is 2.32. The first kappa shape index (κ1) is 25.4. The van der Waals surface area contributed by atoms with Crippen LogP contribution in [0.3, 0.4) is 0 Å². The van der Waals surface area contributed by atoms with E-state index in [2.05, 4.69) is 29.4 Å². The average molecular weight is 468 g/mol. The van der Waals surface area contributed by atoms with Crippen LogP contribution >= 0.6 is 11.6 Å². The van der Waals surface area contributed by atoms with E-state index in [9.17, 15) is 22.8 Å². The Hall–Kier alpha value is -2.84. The van der Waals surface area contributed by atoms with Crippen LogP contribution < -0.4 is 10.6 Å². The highest BCUT2D eigenvalue weighted by atomic mass is 35.5. The summed E-state index contributed by atoms with van der Waals surface area (Å²) in [6, 6.07) is 9.19. The molecular formula is C23H25ClF3N3O2. The SMILES string of the molecule is CCN(CC)CCNC(=O)c1ccc(NC(=O)C=Cc2cc(C(F)(F)F)ccc2Cl)cc1. The lowest BCUT2D eigenvalue weighted by molar-refractivity contribution is -0.137. The lowest BCUT2D eigenvalue weighted by Crippen LogP contribution is -2.34. The van der Waals surface area contributed by atoms with Gasteiger partial charge in [0.2, 0.25) is 5.91 Å². The molecule has 172 valence electrons. The van der Waals surface area contributed by atoms with E-state index in [0.29, 0.717) is 17.8 Å². The second-order valence-corrected chi connectivity index (χ2v) is 7.32. The third kappa shape index (κ3) is 7.69. The van der Waals surface area contributed by atoms with Crippen LogP contribution in [-0.4, -0.2) is 42.9 Å². The molecule has 0 aliphatic rings. The van der Waals surface area contributed by atoms with E-state index in [1.807, 2.05) is 0 Å². The standard InChI is InChI=1S/C23H25ClF3N3O2/c1-3-30(4-2)14-13-28-22(32)16-5-9-19(10-6-16)29-21(31)12-7-17-15-18(23(25,26)27)8-11-20(17)24/h5-12,15H,3-4,13-14H2,1-2H3,(H,28,32)(H,29,31). The third-order valence-corrected chi connectivity index (χ3v) is 5.10. The van der Waals surface area contributed by atoms with Crippen LogP contribution in [0.1, 0.15) is 35.3 Å². The van der Waals surface area contributed by atoms with Gasteiger partial charge in [-0.2, -0.15) is 13.2 Å². The lowest BCUT2D eigenvalue weighted by atomic mass is 10.1. The Kier molecular flexibility index (Phi) is 9.28. The summed E-state index contributed by atoms with van der Waals surface area (Å²) in [5, 5.41) is 5.53. The Labute approximate surface area is 190 Å². The van der Waals surface area contributed by atoms with Gasteiger partial charge in [-0.1, -0.05) is 25.4 Å². The van der Waals surface area contributed by atoms with Gasteiger partial charge in [0.1, 0.15) is 0 Å². The predicted octanol–water partition coefficient (Wildman–Crippen LogP) is 5.08. The highest BCUT2D eigenvalue weighted by Gasteiger charge is 2.30. The fourth-order valence-electron chi connectivity index (χ4n) is 2.87. The topological polar surface area (TPSA) is 61.4 Å². The maximum absolute atomic E-state index is 12.8. The van der Waals surface area contributed by atoms with E-state index in [0.717, 1.165) is 43.9 Å². The Morgan fingerprint density at radius 1 is 1.06 bits per heavy atom. The molecule has 0 unspecified atom stereocenters. The number of benzene rings is 2. The first-order valence-electron chi connectivity index (χ1n) is 10.1.